The fraction of sp³-hybridized carbons (Fsp3) is 0.458. The number of aryl methyl sites for hydroxylation is 1. The number of anilines is 1. The first-order valence-corrected chi connectivity index (χ1v) is 15.0. The number of carbonyl (C=O) groups is 1. The van der Waals surface area contributed by atoms with Crippen molar-refractivity contribution in [2.45, 2.75) is 56.2 Å². The van der Waals surface area contributed by atoms with E-state index in [4.69, 9.17) is 11.6 Å². The summed E-state index contributed by atoms with van der Waals surface area (Å²) in [4.78, 5) is 13.0. The van der Waals surface area contributed by atoms with Crippen molar-refractivity contribution in [3.05, 3.63) is 52.5 Å². The number of carbonyl (C=O) groups excluding carboxylic acids is 1. The molecule has 0 atom stereocenters. The van der Waals surface area contributed by atoms with Crippen molar-refractivity contribution in [3.8, 4) is 0 Å². The van der Waals surface area contributed by atoms with E-state index in [1.165, 1.54) is 32.9 Å². The van der Waals surface area contributed by atoms with Crippen LogP contribution < -0.4 is 5.32 Å². The Morgan fingerprint density at radius 1 is 0.943 bits per heavy atom. The Kier molecular flexibility index (Phi) is 8.98. The Labute approximate surface area is 213 Å². The molecule has 0 aromatic heterocycles. The van der Waals surface area contributed by atoms with Crippen LogP contribution in [-0.2, 0) is 20.0 Å². The molecule has 35 heavy (non-hydrogen) atoms. The summed E-state index contributed by atoms with van der Waals surface area (Å²) >= 11 is 6.17. The van der Waals surface area contributed by atoms with Crippen molar-refractivity contribution in [1.82, 2.24) is 8.61 Å². The van der Waals surface area contributed by atoms with Crippen molar-refractivity contribution in [1.29, 1.82) is 0 Å². The first-order chi connectivity index (χ1) is 16.5. The molecule has 0 radical (unpaired) electrons. The van der Waals surface area contributed by atoms with E-state index in [0.717, 1.165) is 25.7 Å². The van der Waals surface area contributed by atoms with E-state index in [0.29, 0.717) is 24.3 Å². The molecule has 0 unspecified atom stereocenters. The number of nitrogens with one attached hydrogen (secondary N) is 1. The Bertz CT molecular complexity index is 1280. The fourth-order valence-corrected chi connectivity index (χ4v) is 7.85. The van der Waals surface area contributed by atoms with Crippen LogP contribution in [0.25, 0.3) is 0 Å². The molecule has 2 aromatic rings. The Hall–Kier alpha value is -1.98. The van der Waals surface area contributed by atoms with Crippen molar-refractivity contribution in [2.75, 3.05) is 31.5 Å². The molecule has 1 aliphatic heterocycles. The lowest BCUT2D eigenvalue weighted by Gasteiger charge is -2.21. The number of benzene rings is 2. The summed E-state index contributed by atoms with van der Waals surface area (Å²) in [5, 5.41) is 2.72. The largest absolute Gasteiger partial charge is 0.322 e. The van der Waals surface area contributed by atoms with Gasteiger partial charge >= 0.3 is 0 Å². The molecule has 1 fully saturated rings. The van der Waals surface area contributed by atoms with Gasteiger partial charge in [-0.25, -0.2) is 16.8 Å². The number of amides is 1. The third-order valence-corrected chi connectivity index (χ3v) is 10.7. The van der Waals surface area contributed by atoms with Crippen LogP contribution in [-0.4, -0.2) is 57.5 Å². The zero-order valence-corrected chi connectivity index (χ0v) is 22.6. The maximum Gasteiger partial charge on any atom is 0.255 e. The second-order valence-electron chi connectivity index (χ2n) is 8.49. The van der Waals surface area contributed by atoms with Crippen LogP contribution in [0.3, 0.4) is 0 Å². The monoisotopic (exact) mass is 541 g/mol. The van der Waals surface area contributed by atoms with Gasteiger partial charge in [0.2, 0.25) is 20.0 Å². The molecule has 0 spiro atoms. The number of hydrogen-bond acceptors (Lipinski definition) is 5. The third kappa shape index (κ3) is 6.06. The molecule has 2 aromatic carbocycles. The standard InChI is InChI=1S/C24H32ClN3O5S2/c1-4-27(5-2)35(32,33)23-16-19(11-13-21(23)25)24(29)26-20-12-10-18(3)22(17-20)34(30,31)28-14-8-6-7-9-15-28/h10-13,16-17H,4-9,14-15H2,1-3H3,(H,26,29). The summed E-state index contributed by atoms with van der Waals surface area (Å²) in [5.41, 5.74) is 0.987. The topological polar surface area (TPSA) is 104 Å². The van der Waals surface area contributed by atoms with E-state index in [1.807, 2.05) is 0 Å². The van der Waals surface area contributed by atoms with Crippen LogP contribution in [0.1, 0.15) is 55.5 Å². The molecule has 0 saturated carbocycles. The molecule has 1 N–H and O–H groups in total. The molecule has 0 aliphatic carbocycles. The average molecular weight is 542 g/mol. The van der Waals surface area contributed by atoms with Gasteiger partial charge in [-0.2, -0.15) is 8.61 Å². The van der Waals surface area contributed by atoms with Gasteiger partial charge in [-0.3, -0.25) is 4.79 Å². The minimum atomic E-state index is -3.87. The molecule has 192 valence electrons. The van der Waals surface area contributed by atoms with Gasteiger partial charge in [0, 0.05) is 37.4 Å². The van der Waals surface area contributed by atoms with Crippen molar-refractivity contribution in [3.63, 3.8) is 0 Å². The van der Waals surface area contributed by atoms with Crippen LogP contribution in [0.5, 0.6) is 0 Å². The summed E-state index contributed by atoms with van der Waals surface area (Å²) in [5.74, 6) is -0.570. The van der Waals surface area contributed by atoms with E-state index in [9.17, 15) is 21.6 Å². The van der Waals surface area contributed by atoms with Gasteiger partial charge in [-0.1, -0.05) is 44.4 Å². The molecule has 3 rings (SSSR count). The first-order valence-electron chi connectivity index (χ1n) is 11.7. The van der Waals surface area contributed by atoms with E-state index in [-0.39, 0.29) is 33.5 Å². The molecule has 1 heterocycles. The summed E-state index contributed by atoms with van der Waals surface area (Å²) in [7, 11) is -7.58. The maximum atomic E-state index is 13.3. The SMILES string of the molecule is CCN(CC)S(=O)(=O)c1cc(C(=O)Nc2ccc(C)c(S(=O)(=O)N3CCCCCC3)c2)ccc1Cl. The Morgan fingerprint density at radius 2 is 1.57 bits per heavy atom. The summed E-state index contributed by atoms with van der Waals surface area (Å²) in [6.45, 7) is 6.66. The summed E-state index contributed by atoms with van der Waals surface area (Å²) in [6.07, 6.45) is 3.66. The van der Waals surface area contributed by atoms with Crippen LogP contribution in [0.15, 0.2) is 46.2 Å². The van der Waals surface area contributed by atoms with Gasteiger partial charge in [-0.15, -0.1) is 0 Å². The number of rotatable bonds is 8. The highest BCUT2D eigenvalue weighted by atomic mass is 35.5. The van der Waals surface area contributed by atoms with Gasteiger partial charge in [0.1, 0.15) is 4.90 Å². The molecule has 8 nitrogen and oxygen atoms in total. The summed E-state index contributed by atoms with van der Waals surface area (Å²) in [6, 6.07) is 8.78. The molecule has 1 saturated heterocycles. The van der Waals surface area contributed by atoms with Crippen LogP contribution in [0, 0.1) is 6.92 Å². The van der Waals surface area contributed by atoms with E-state index in [2.05, 4.69) is 5.32 Å². The zero-order chi connectivity index (χ0) is 25.8. The van der Waals surface area contributed by atoms with E-state index in [1.54, 1.807) is 32.9 Å². The predicted molar refractivity (Wildman–Crippen MR) is 138 cm³/mol. The number of sulfonamides is 2. The number of nitrogens with zero attached hydrogens (tertiary/aromatic N) is 2. The Balaban J connectivity index is 1.90. The van der Waals surface area contributed by atoms with Gasteiger partial charge in [-0.05, 0) is 55.7 Å². The highest BCUT2D eigenvalue weighted by Gasteiger charge is 2.28. The molecule has 1 aliphatic rings. The second kappa shape index (κ2) is 11.4. The van der Waals surface area contributed by atoms with Crippen molar-refractivity contribution in [2.24, 2.45) is 0 Å². The summed E-state index contributed by atoms with van der Waals surface area (Å²) < 4.78 is 55.3. The lowest BCUT2D eigenvalue weighted by atomic mass is 10.2. The zero-order valence-electron chi connectivity index (χ0n) is 20.3. The van der Waals surface area contributed by atoms with Gasteiger partial charge < -0.3 is 5.32 Å². The molecular weight excluding hydrogens is 510 g/mol. The average Bonchev–Trinajstić information content (AvgIpc) is 3.11. The predicted octanol–water partition coefficient (Wildman–Crippen LogP) is 4.50. The van der Waals surface area contributed by atoms with Crippen LogP contribution in [0.2, 0.25) is 5.02 Å². The quantitative estimate of drug-likeness (QED) is 0.530. The van der Waals surface area contributed by atoms with Crippen molar-refractivity contribution >= 4 is 43.2 Å². The lowest BCUT2D eigenvalue weighted by Crippen LogP contribution is -2.32. The smallest absolute Gasteiger partial charge is 0.255 e. The van der Waals surface area contributed by atoms with Crippen LogP contribution >= 0.6 is 11.6 Å². The van der Waals surface area contributed by atoms with Crippen molar-refractivity contribution < 1.29 is 21.6 Å². The first kappa shape index (κ1) is 27.6. The number of hydrogen-bond donors (Lipinski definition) is 1. The fourth-order valence-electron chi connectivity index (χ4n) is 4.13. The van der Waals surface area contributed by atoms with Gasteiger partial charge in [0.25, 0.3) is 5.91 Å². The van der Waals surface area contributed by atoms with E-state index >= 15 is 0 Å². The lowest BCUT2D eigenvalue weighted by molar-refractivity contribution is 0.102. The minimum absolute atomic E-state index is 0.0228. The molecular formula is C24H32ClN3O5S2. The molecule has 0 bridgehead atoms. The highest BCUT2D eigenvalue weighted by Crippen LogP contribution is 2.28. The molecule has 11 heteroatoms. The van der Waals surface area contributed by atoms with Gasteiger partial charge in [0.15, 0.2) is 0 Å². The number of halogens is 1. The molecule has 1 amide bonds. The third-order valence-electron chi connectivity index (χ3n) is 6.15. The minimum Gasteiger partial charge on any atom is -0.322 e. The van der Waals surface area contributed by atoms with Crippen LogP contribution in [0.4, 0.5) is 5.69 Å². The second-order valence-corrected chi connectivity index (χ2v) is 12.7. The van der Waals surface area contributed by atoms with Gasteiger partial charge in [0.05, 0.1) is 9.92 Å². The normalized spacial score (nSPS) is 15.7. The Morgan fingerprint density at radius 3 is 2.17 bits per heavy atom. The highest BCUT2D eigenvalue weighted by molar-refractivity contribution is 7.89. The maximum absolute atomic E-state index is 13.3. The van der Waals surface area contributed by atoms with E-state index < -0.39 is 26.0 Å².